The lowest BCUT2D eigenvalue weighted by atomic mass is 10.2. The van der Waals surface area contributed by atoms with Gasteiger partial charge in [0.25, 0.3) is 5.91 Å². The molecule has 2 heterocycles. The number of benzene rings is 3. The minimum Gasteiger partial charge on any atom is -0.508 e. The normalized spacial score (nSPS) is 13.0. The summed E-state index contributed by atoms with van der Waals surface area (Å²) < 4.78 is 1.72. The molecular formula is C24H19ClN4O2. The minimum absolute atomic E-state index is 0.184. The van der Waals surface area contributed by atoms with Gasteiger partial charge < -0.3 is 10.0 Å². The lowest BCUT2D eigenvalue weighted by molar-refractivity contribution is 0.100. The van der Waals surface area contributed by atoms with E-state index >= 15 is 0 Å². The first-order chi connectivity index (χ1) is 15.0. The van der Waals surface area contributed by atoms with E-state index in [2.05, 4.69) is 0 Å². The maximum absolute atomic E-state index is 13.7. The van der Waals surface area contributed by atoms with Crippen molar-refractivity contribution in [3.05, 3.63) is 95.1 Å². The van der Waals surface area contributed by atoms with E-state index in [-0.39, 0.29) is 11.7 Å². The van der Waals surface area contributed by atoms with Crippen molar-refractivity contribution in [1.29, 1.82) is 0 Å². The van der Waals surface area contributed by atoms with Gasteiger partial charge in [0.1, 0.15) is 11.3 Å². The second-order valence-corrected chi connectivity index (χ2v) is 7.84. The number of nitrogens with zero attached hydrogens (tertiary/aromatic N) is 4. The fraction of sp³-hybridized carbons (Fsp3) is 0.0833. The van der Waals surface area contributed by atoms with Crippen LogP contribution in [-0.4, -0.2) is 27.8 Å². The van der Waals surface area contributed by atoms with Crippen LogP contribution < -0.4 is 9.80 Å². The number of aromatic hydroxyl groups is 1. The molecule has 3 aromatic carbocycles. The Hall–Kier alpha value is -3.77. The predicted octanol–water partition coefficient (Wildman–Crippen LogP) is 5.35. The number of phenols is 1. The number of carbonyl (C=O) groups is 1. The van der Waals surface area contributed by atoms with Gasteiger partial charge in [-0.15, -0.1) is 0 Å². The average molecular weight is 431 g/mol. The van der Waals surface area contributed by atoms with Gasteiger partial charge in [-0.1, -0.05) is 41.9 Å². The van der Waals surface area contributed by atoms with Crippen molar-refractivity contribution in [2.45, 2.75) is 6.54 Å². The molecule has 0 spiro atoms. The van der Waals surface area contributed by atoms with E-state index in [4.69, 9.17) is 16.7 Å². The summed E-state index contributed by atoms with van der Waals surface area (Å²) >= 11 is 6.29. The average Bonchev–Trinajstić information content (AvgIpc) is 3.15. The van der Waals surface area contributed by atoms with Gasteiger partial charge in [0.15, 0.2) is 5.82 Å². The topological polar surface area (TPSA) is 61.6 Å². The van der Waals surface area contributed by atoms with Crippen molar-refractivity contribution < 1.29 is 9.90 Å². The minimum atomic E-state index is -0.184. The number of aromatic nitrogens is 2. The molecule has 0 atom stereocenters. The van der Waals surface area contributed by atoms with Crippen LogP contribution >= 0.6 is 11.6 Å². The summed E-state index contributed by atoms with van der Waals surface area (Å²) in [4.78, 5) is 17.3. The van der Waals surface area contributed by atoms with E-state index in [0.717, 1.165) is 16.9 Å². The smallest absolute Gasteiger partial charge is 0.268 e. The number of para-hydroxylation sites is 1. The molecule has 1 aliphatic rings. The van der Waals surface area contributed by atoms with Gasteiger partial charge in [0.05, 0.1) is 17.9 Å². The zero-order chi connectivity index (χ0) is 21.5. The summed E-state index contributed by atoms with van der Waals surface area (Å²) in [5, 5.41) is 15.0. The number of halogens is 1. The molecule has 1 amide bonds. The SMILES string of the molecule is CN1c2ccc(Cl)cc2N(c2ccccc2)C(=O)c2cn(Cc3cccc(O)c3)nc21. The van der Waals surface area contributed by atoms with Crippen molar-refractivity contribution in [3.63, 3.8) is 0 Å². The maximum atomic E-state index is 13.7. The van der Waals surface area contributed by atoms with Gasteiger partial charge in [-0.3, -0.25) is 14.4 Å². The van der Waals surface area contributed by atoms with Gasteiger partial charge in [-0.2, -0.15) is 5.10 Å². The van der Waals surface area contributed by atoms with Crippen molar-refractivity contribution in [2.75, 3.05) is 16.8 Å². The number of hydrogen-bond donors (Lipinski definition) is 1. The zero-order valence-corrected chi connectivity index (χ0v) is 17.5. The fourth-order valence-corrected chi connectivity index (χ4v) is 4.04. The van der Waals surface area contributed by atoms with Gasteiger partial charge in [0.2, 0.25) is 0 Å². The molecule has 0 fully saturated rings. The lowest BCUT2D eigenvalue weighted by Crippen LogP contribution is -2.25. The second kappa shape index (κ2) is 7.49. The van der Waals surface area contributed by atoms with Crippen LogP contribution in [0.1, 0.15) is 15.9 Å². The highest BCUT2D eigenvalue weighted by molar-refractivity contribution is 6.31. The van der Waals surface area contributed by atoms with Crippen molar-refractivity contribution in [1.82, 2.24) is 9.78 Å². The summed E-state index contributed by atoms with van der Waals surface area (Å²) in [6.45, 7) is 0.432. The monoisotopic (exact) mass is 430 g/mol. The molecule has 6 nitrogen and oxygen atoms in total. The Bertz CT molecular complexity index is 1290. The van der Waals surface area contributed by atoms with Gasteiger partial charge in [-0.05, 0) is 48.0 Å². The van der Waals surface area contributed by atoms with Gasteiger partial charge in [0, 0.05) is 24.0 Å². The Balaban J connectivity index is 1.65. The standard InChI is InChI=1S/C24H19ClN4O2/c1-27-21-11-10-17(25)13-22(21)29(18-7-3-2-4-8-18)24(31)20-15-28(26-23(20)27)14-16-6-5-9-19(30)12-16/h2-13,15,30H,14H2,1H3. The van der Waals surface area contributed by atoms with Crippen molar-refractivity contribution >= 4 is 40.4 Å². The molecule has 0 unspecified atom stereocenters. The highest BCUT2D eigenvalue weighted by atomic mass is 35.5. The Morgan fingerprint density at radius 1 is 0.968 bits per heavy atom. The largest absolute Gasteiger partial charge is 0.508 e. The van der Waals surface area contributed by atoms with Crippen LogP contribution in [0.25, 0.3) is 0 Å². The van der Waals surface area contributed by atoms with Crippen LogP contribution in [0, 0.1) is 0 Å². The highest BCUT2D eigenvalue weighted by Crippen LogP contribution is 2.43. The molecule has 0 bridgehead atoms. The number of anilines is 4. The Labute approximate surface area is 184 Å². The molecule has 0 aliphatic carbocycles. The third-order valence-electron chi connectivity index (χ3n) is 5.30. The highest BCUT2D eigenvalue weighted by Gasteiger charge is 2.33. The second-order valence-electron chi connectivity index (χ2n) is 7.40. The quantitative estimate of drug-likeness (QED) is 0.476. The van der Waals surface area contributed by atoms with E-state index in [0.29, 0.717) is 28.6 Å². The van der Waals surface area contributed by atoms with Crippen LogP contribution in [0.15, 0.2) is 79.0 Å². The first-order valence-electron chi connectivity index (χ1n) is 9.79. The molecule has 0 radical (unpaired) electrons. The van der Waals surface area contributed by atoms with Crippen LogP contribution in [0.3, 0.4) is 0 Å². The molecule has 4 aromatic rings. The molecule has 31 heavy (non-hydrogen) atoms. The molecule has 5 rings (SSSR count). The molecular weight excluding hydrogens is 412 g/mol. The number of hydrogen-bond acceptors (Lipinski definition) is 4. The lowest BCUT2D eigenvalue weighted by Gasteiger charge is -2.25. The first-order valence-corrected chi connectivity index (χ1v) is 10.2. The van der Waals surface area contributed by atoms with Crippen LogP contribution in [0.4, 0.5) is 22.9 Å². The van der Waals surface area contributed by atoms with E-state index in [1.165, 1.54) is 0 Å². The summed E-state index contributed by atoms with van der Waals surface area (Å²) in [5.74, 6) is 0.573. The Morgan fingerprint density at radius 3 is 2.55 bits per heavy atom. The Kier molecular flexibility index (Phi) is 4.64. The van der Waals surface area contributed by atoms with E-state index < -0.39 is 0 Å². The first kappa shape index (κ1) is 19.2. The van der Waals surface area contributed by atoms with Crippen LogP contribution in [-0.2, 0) is 6.54 Å². The van der Waals surface area contributed by atoms with Crippen LogP contribution in [0.5, 0.6) is 5.75 Å². The molecule has 1 N–H and O–H groups in total. The van der Waals surface area contributed by atoms with Crippen molar-refractivity contribution in [2.24, 2.45) is 0 Å². The third kappa shape index (κ3) is 3.41. The molecule has 1 aliphatic heterocycles. The van der Waals surface area contributed by atoms with E-state index in [1.807, 2.05) is 54.4 Å². The fourth-order valence-electron chi connectivity index (χ4n) is 3.87. The summed E-state index contributed by atoms with van der Waals surface area (Å²) in [7, 11) is 1.89. The number of rotatable bonds is 3. The molecule has 7 heteroatoms. The summed E-state index contributed by atoms with van der Waals surface area (Å²) in [6, 6.07) is 22.0. The number of phenolic OH excluding ortho intramolecular Hbond substituents is 1. The third-order valence-corrected chi connectivity index (χ3v) is 5.54. The van der Waals surface area contributed by atoms with E-state index in [1.54, 1.807) is 46.1 Å². The zero-order valence-electron chi connectivity index (χ0n) is 16.7. The molecule has 154 valence electrons. The summed E-state index contributed by atoms with van der Waals surface area (Å²) in [6.07, 6.45) is 1.75. The van der Waals surface area contributed by atoms with Crippen molar-refractivity contribution in [3.8, 4) is 5.75 Å². The summed E-state index contributed by atoms with van der Waals surface area (Å²) in [5.41, 5.74) is 3.64. The van der Waals surface area contributed by atoms with E-state index in [9.17, 15) is 9.90 Å². The van der Waals surface area contributed by atoms with Crippen LogP contribution in [0.2, 0.25) is 5.02 Å². The Morgan fingerprint density at radius 2 is 1.77 bits per heavy atom. The number of amides is 1. The number of fused-ring (bicyclic) bond motifs is 2. The van der Waals surface area contributed by atoms with Gasteiger partial charge >= 0.3 is 0 Å². The van der Waals surface area contributed by atoms with Gasteiger partial charge in [-0.25, -0.2) is 0 Å². The molecule has 0 saturated heterocycles. The molecule has 1 aromatic heterocycles. The number of carbonyl (C=O) groups excluding carboxylic acids is 1. The maximum Gasteiger partial charge on any atom is 0.268 e. The predicted molar refractivity (Wildman–Crippen MR) is 122 cm³/mol. The molecule has 0 saturated carbocycles.